The van der Waals surface area contributed by atoms with Gasteiger partial charge in [-0.05, 0) is 35.9 Å². The number of methoxy groups -OCH3 is 2. The maximum atomic E-state index is 13.5. The van der Waals surface area contributed by atoms with Gasteiger partial charge < -0.3 is 9.47 Å². The van der Waals surface area contributed by atoms with E-state index in [4.69, 9.17) is 9.47 Å². The van der Waals surface area contributed by atoms with E-state index in [0.29, 0.717) is 26.8 Å². The van der Waals surface area contributed by atoms with Crippen molar-refractivity contribution >= 4 is 32.6 Å². The van der Waals surface area contributed by atoms with Gasteiger partial charge >= 0.3 is 6.18 Å². The van der Waals surface area contributed by atoms with Crippen molar-refractivity contribution in [3.63, 3.8) is 0 Å². The minimum absolute atomic E-state index is 0.0843. The number of halogens is 3. The predicted octanol–water partition coefficient (Wildman–Crippen LogP) is 6.18. The SMILES string of the molecule is COc1ccc(OC)c2sc(N(Cc3ccccc3)C(=O)c3cccc(C(F)(F)F)c3)nc12. The number of rotatable bonds is 6. The predicted molar refractivity (Wildman–Crippen MR) is 121 cm³/mol. The molecule has 3 aromatic carbocycles. The Morgan fingerprint density at radius 3 is 2.33 bits per heavy atom. The van der Waals surface area contributed by atoms with Crippen LogP contribution in [0.2, 0.25) is 0 Å². The molecule has 9 heteroatoms. The van der Waals surface area contributed by atoms with Crippen molar-refractivity contribution < 1.29 is 27.4 Å². The highest BCUT2D eigenvalue weighted by Gasteiger charge is 2.32. The largest absolute Gasteiger partial charge is 0.495 e. The summed E-state index contributed by atoms with van der Waals surface area (Å²) in [5.41, 5.74) is 0.336. The molecule has 0 aliphatic rings. The topological polar surface area (TPSA) is 51.7 Å². The highest BCUT2D eigenvalue weighted by atomic mass is 32.1. The molecular weight excluding hydrogens is 453 g/mol. The number of hydrogen-bond donors (Lipinski definition) is 0. The molecule has 0 saturated heterocycles. The van der Waals surface area contributed by atoms with Gasteiger partial charge in [-0.3, -0.25) is 9.69 Å². The second-order valence-corrected chi connectivity index (χ2v) is 8.08. The summed E-state index contributed by atoms with van der Waals surface area (Å²) in [6.07, 6.45) is -4.56. The number of nitrogens with zero attached hydrogens (tertiary/aromatic N) is 2. The molecule has 1 heterocycles. The summed E-state index contributed by atoms with van der Waals surface area (Å²) in [5, 5.41) is 0.319. The zero-order valence-electron chi connectivity index (χ0n) is 17.7. The van der Waals surface area contributed by atoms with Crippen LogP contribution in [0, 0.1) is 0 Å². The summed E-state index contributed by atoms with van der Waals surface area (Å²) in [6, 6.07) is 17.0. The van der Waals surface area contributed by atoms with Crippen molar-refractivity contribution in [2.75, 3.05) is 19.1 Å². The Balaban J connectivity index is 1.83. The Morgan fingerprint density at radius 2 is 1.67 bits per heavy atom. The minimum atomic E-state index is -4.56. The molecule has 0 radical (unpaired) electrons. The first-order chi connectivity index (χ1) is 15.8. The molecule has 0 fully saturated rings. The smallest absolute Gasteiger partial charge is 0.416 e. The van der Waals surface area contributed by atoms with E-state index >= 15 is 0 Å². The molecule has 4 aromatic rings. The Bertz CT molecular complexity index is 1250. The average molecular weight is 472 g/mol. The number of alkyl halides is 3. The number of anilines is 1. The number of thiazole rings is 1. The molecule has 1 amide bonds. The van der Waals surface area contributed by atoms with Gasteiger partial charge in [-0.15, -0.1) is 0 Å². The average Bonchev–Trinajstić information content (AvgIpc) is 3.27. The van der Waals surface area contributed by atoms with Crippen molar-refractivity contribution in [3.05, 3.63) is 83.4 Å². The van der Waals surface area contributed by atoms with Crippen LogP contribution in [0.1, 0.15) is 21.5 Å². The van der Waals surface area contributed by atoms with Gasteiger partial charge in [0.1, 0.15) is 21.7 Å². The second kappa shape index (κ2) is 9.11. The Morgan fingerprint density at radius 1 is 0.970 bits per heavy atom. The summed E-state index contributed by atoms with van der Waals surface area (Å²) in [4.78, 5) is 19.4. The third kappa shape index (κ3) is 4.63. The molecule has 0 bridgehead atoms. The lowest BCUT2D eigenvalue weighted by Crippen LogP contribution is -2.30. The Kier molecular flexibility index (Phi) is 6.24. The van der Waals surface area contributed by atoms with Crippen LogP contribution in [0.5, 0.6) is 11.5 Å². The fourth-order valence-corrected chi connectivity index (χ4v) is 4.44. The van der Waals surface area contributed by atoms with Crippen LogP contribution in [0.3, 0.4) is 0 Å². The summed E-state index contributed by atoms with van der Waals surface area (Å²) in [7, 11) is 3.03. The van der Waals surface area contributed by atoms with E-state index < -0.39 is 17.6 Å². The highest BCUT2D eigenvalue weighted by Crippen LogP contribution is 2.41. The zero-order chi connectivity index (χ0) is 23.6. The summed E-state index contributed by atoms with van der Waals surface area (Å²) >= 11 is 1.20. The van der Waals surface area contributed by atoms with Gasteiger partial charge in [0.15, 0.2) is 5.13 Å². The monoisotopic (exact) mass is 472 g/mol. The van der Waals surface area contributed by atoms with Crippen molar-refractivity contribution in [3.8, 4) is 11.5 Å². The standard InChI is InChI=1S/C24H19F3N2O3S/c1-31-18-11-12-19(32-2)21-20(18)28-23(33-21)29(14-15-7-4-3-5-8-15)22(30)16-9-6-10-17(13-16)24(25,26)27/h3-13H,14H2,1-2H3. The molecule has 0 N–H and O–H groups in total. The second-order valence-electron chi connectivity index (χ2n) is 7.10. The van der Waals surface area contributed by atoms with E-state index in [2.05, 4.69) is 4.98 Å². The van der Waals surface area contributed by atoms with Crippen LogP contribution >= 0.6 is 11.3 Å². The molecule has 170 valence electrons. The van der Waals surface area contributed by atoms with E-state index in [1.54, 1.807) is 12.1 Å². The zero-order valence-corrected chi connectivity index (χ0v) is 18.5. The number of benzene rings is 3. The van der Waals surface area contributed by atoms with Gasteiger partial charge in [-0.2, -0.15) is 13.2 Å². The normalized spacial score (nSPS) is 11.4. The maximum absolute atomic E-state index is 13.5. The van der Waals surface area contributed by atoms with Gasteiger partial charge in [-0.25, -0.2) is 4.98 Å². The lowest BCUT2D eigenvalue weighted by atomic mass is 10.1. The van der Waals surface area contributed by atoms with Crippen molar-refractivity contribution in [2.24, 2.45) is 0 Å². The summed E-state index contributed by atoms with van der Waals surface area (Å²) in [5.74, 6) is 0.460. The van der Waals surface area contributed by atoms with Gasteiger partial charge in [0.2, 0.25) is 0 Å². The lowest BCUT2D eigenvalue weighted by molar-refractivity contribution is -0.137. The van der Waals surface area contributed by atoms with E-state index in [9.17, 15) is 18.0 Å². The third-order valence-corrected chi connectivity index (χ3v) is 6.09. The molecule has 0 spiro atoms. The number of hydrogen-bond acceptors (Lipinski definition) is 5. The van der Waals surface area contributed by atoms with Crippen LogP contribution in [-0.2, 0) is 12.7 Å². The third-order valence-electron chi connectivity index (χ3n) is 5.00. The Hall–Kier alpha value is -3.59. The lowest BCUT2D eigenvalue weighted by Gasteiger charge is -2.20. The molecule has 1 aromatic heterocycles. The molecule has 0 saturated carbocycles. The van der Waals surface area contributed by atoms with E-state index in [1.807, 2.05) is 30.3 Å². The Labute approximate surface area is 192 Å². The molecule has 4 rings (SSSR count). The molecule has 0 unspecified atom stereocenters. The molecule has 0 aliphatic heterocycles. The fraction of sp³-hybridized carbons (Fsp3) is 0.167. The number of carbonyl (C=O) groups is 1. The van der Waals surface area contributed by atoms with E-state index in [0.717, 1.165) is 17.7 Å². The van der Waals surface area contributed by atoms with Gasteiger partial charge in [-0.1, -0.05) is 47.7 Å². The number of carbonyl (C=O) groups excluding carboxylic acids is 1. The molecule has 33 heavy (non-hydrogen) atoms. The first kappa shape index (κ1) is 22.6. The fourth-order valence-electron chi connectivity index (χ4n) is 3.37. The molecular formula is C24H19F3N2O3S. The number of aromatic nitrogens is 1. The first-order valence-electron chi connectivity index (χ1n) is 9.86. The van der Waals surface area contributed by atoms with Crippen LogP contribution in [0.4, 0.5) is 18.3 Å². The van der Waals surface area contributed by atoms with Crippen LogP contribution in [-0.4, -0.2) is 25.1 Å². The van der Waals surface area contributed by atoms with Crippen LogP contribution in [0.25, 0.3) is 10.2 Å². The summed E-state index contributed by atoms with van der Waals surface area (Å²) in [6.45, 7) is 0.125. The van der Waals surface area contributed by atoms with Gasteiger partial charge in [0, 0.05) is 5.56 Å². The number of fused-ring (bicyclic) bond motifs is 1. The van der Waals surface area contributed by atoms with Crippen molar-refractivity contribution in [2.45, 2.75) is 12.7 Å². The van der Waals surface area contributed by atoms with Crippen molar-refractivity contribution in [1.29, 1.82) is 0 Å². The first-order valence-corrected chi connectivity index (χ1v) is 10.7. The number of ether oxygens (including phenoxy) is 2. The quantitative estimate of drug-likeness (QED) is 0.336. The highest BCUT2D eigenvalue weighted by molar-refractivity contribution is 7.22. The van der Waals surface area contributed by atoms with Gasteiger partial charge in [0.05, 0.1) is 26.3 Å². The number of amides is 1. The molecule has 0 atom stereocenters. The van der Waals surface area contributed by atoms with E-state index in [1.165, 1.54) is 42.6 Å². The minimum Gasteiger partial charge on any atom is -0.495 e. The molecule has 5 nitrogen and oxygen atoms in total. The van der Waals surface area contributed by atoms with Crippen molar-refractivity contribution in [1.82, 2.24) is 4.98 Å². The van der Waals surface area contributed by atoms with Crippen LogP contribution in [0.15, 0.2) is 66.7 Å². The van der Waals surface area contributed by atoms with E-state index in [-0.39, 0.29) is 12.1 Å². The molecule has 0 aliphatic carbocycles. The maximum Gasteiger partial charge on any atom is 0.416 e. The summed E-state index contributed by atoms with van der Waals surface area (Å²) < 4.78 is 51.2. The van der Waals surface area contributed by atoms with Crippen LogP contribution < -0.4 is 14.4 Å². The van der Waals surface area contributed by atoms with Gasteiger partial charge in [0.25, 0.3) is 5.91 Å².